The Morgan fingerprint density at radius 1 is 1.11 bits per heavy atom. The molecule has 2 aliphatic carbocycles. The van der Waals surface area contributed by atoms with E-state index in [-0.39, 0.29) is 0 Å². The Balaban J connectivity index is 2.04. The van der Waals surface area contributed by atoms with E-state index in [0.29, 0.717) is 0 Å². The number of allylic oxidation sites excluding steroid dienone is 1. The SMILES string of the molecule is C=CC1CCC2CCC12. The monoisotopic (exact) mass is 122 g/mol. The van der Waals surface area contributed by atoms with Gasteiger partial charge >= 0.3 is 0 Å². The van der Waals surface area contributed by atoms with Crippen molar-refractivity contribution in [3.63, 3.8) is 0 Å². The lowest BCUT2D eigenvalue weighted by Gasteiger charge is -2.32. The smallest absolute Gasteiger partial charge is 0.0205 e. The van der Waals surface area contributed by atoms with Gasteiger partial charge in [0.2, 0.25) is 0 Å². The first-order valence-electron chi connectivity index (χ1n) is 4.04. The summed E-state index contributed by atoms with van der Waals surface area (Å²) >= 11 is 0. The van der Waals surface area contributed by atoms with E-state index in [2.05, 4.69) is 12.7 Å². The van der Waals surface area contributed by atoms with Gasteiger partial charge in [-0.25, -0.2) is 0 Å². The van der Waals surface area contributed by atoms with Crippen LogP contribution in [0.15, 0.2) is 12.7 Å². The maximum absolute atomic E-state index is 3.86. The zero-order chi connectivity index (χ0) is 6.27. The summed E-state index contributed by atoms with van der Waals surface area (Å²) in [5.41, 5.74) is 0. The predicted octanol–water partition coefficient (Wildman–Crippen LogP) is 2.61. The topological polar surface area (TPSA) is 0 Å². The number of hydrogen-bond donors (Lipinski definition) is 0. The molecule has 0 heteroatoms. The molecule has 0 bridgehead atoms. The lowest BCUT2D eigenvalue weighted by molar-refractivity contribution is 0.192. The van der Waals surface area contributed by atoms with Crippen molar-refractivity contribution in [3.05, 3.63) is 12.7 Å². The van der Waals surface area contributed by atoms with Gasteiger partial charge < -0.3 is 0 Å². The van der Waals surface area contributed by atoms with E-state index in [0.717, 1.165) is 17.8 Å². The molecule has 0 heterocycles. The molecule has 0 spiro atoms. The predicted molar refractivity (Wildman–Crippen MR) is 39.1 cm³/mol. The van der Waals surface area contributed by atoms with Crippen molar-refractivity contribution >= 4 is 0 Å². The highest BCUT2D eigenvalue weighted by Crippen LogP contribution is 2.50. The first-order valence-corrected chi connectivity index (χ1v) is 4.04. The summed E-state index contributed by atoms with van der Waals surface area (Å²) in [5, 5.41) is 0. The van der Waals surface area contributed by atoms with Gasteiger partial charge in [0.1, 0.15) is 0 Å². The molecule has 50 valence electrons. The molecule has 0 amide bonds. The van der Waals surface area contributed by atoms with Crippen LogP contribution in [0.25, 0.3) is 0 Å². The van der Waals surface area contributed by atoms with E-state index in [9.17, 15) is 0 Å². The summed E-state index contributed by atoms with van der Waals surface area (Å²) in [4.78, 5) is 0. The van der Waals surface area contributed by atoms with Crippen molar-refractivity contribution in [1.82, 2.24) is 0 Å². The number of hydrogen-bond acceptors (Lipinski definition) is 0. The molecule has 0 aromatic heterocycles. The van der Waals surface area contributed by atoms with Gasteiger partial charge in [0.25, 0.3) is 0 Å². The van der Waals surface area contributed by atoms with E-state index >= 15 is 0 Å². The van der Waals surface area contributed by atoms with Crippen molar-refractivity contribution in [3.8, 4) is 0 Å². The summed E-state index contributed by atoms with van der Waals surface area (Å²) in [6, 6.07) is 0. The molecule has 2 fully saturated rings. The fourth-order valence-electron chi connectivity index (χ4n) is 2.43. The Morgan fingerprint density at radius 2 is 1.89 bits per heavy atom. The van der Waals surface area contributed by atoms with Crippen LogP contribution in [0.4, 0.5) is 0 Å². The second-order valence-electron chi connectivity index (χ2n) is 3.48. The molecule has 0 nitrogen and oxygen atoms in total. The molecule has 0 aromatic carbocycles. The fourth-order valence-corrected chi connectivity index (χ4v) is 2.43. The Morgan fingerprint density at radius 3 is 2.22 bits per heavy atom. The maximum atomic E-state index is 3.86. The Labute approximate surface area is 57.0 Å². The normalized spacial score (nSPS) is 47.8. The summed E-state index contributed by atoms with van der Waals surface area (Å²) in [6.45, 7) is 3.86. The van der Waals surface area contributed by atoms with Gasteiger partial charge in [-0.1, -0.05) is 6.08 Å². The molecular formula is C9H14. The van der Waals surface area contributed by atoms with Crippen LogP contribution in [0.5, 0.6) is 0 Å². The molecule has 0 N–H and O–H groups in total. The zero-order valence-electron chi connectivity index (χ0n) is 5.84. The van der Waals surface area contributed by atoms with E-state index in [1.54, 1.807) is 0 Å². The highest BCUT2D eigenvalue weighted by atomic mass is 14.4. The van der Waals surface area contributed by atoms with E-state index in [4.69, 9.17) is 0 Å². The molecule has 0 aromatic rings. The van der Waals surface area contributed by atoms with Crippen LogP contribution in [0.2, 0.25) is 0 Å². The zero-order valence-corrected chi connectivity index (χ0v) is 5.84. The molecule has 9 heavy (non-hydrogen) atoms. The van der Waals surface area contributed by atoms with Crippen LogP contribution < -0.4 is 0 Å². The molecule has 2 unspecified atom stereocenters. The van der Waals surface area contributed by atoms with Crippen molar-refractivity contribution in [2.75, 3.05) is 0 Å². The second-order valence-corrected chi connectivity index (χ2v) is 3.48. The van der Waals surface area contributed by atoms with Crippen molar-refractivity contribution < 1.29 is 0 Å². The molecule has 2 rings (SSSR count). The van der Waals surface area contributed by atoms with E-state index in [1.165, 1.54) is 25.7 Å². The van der Waals surface area contributed by atoms with Crippen molar-refractivity contribution in [2.45, 2.75) is 25.7 Å². The Bertz CT molecular complexity index is 126. The third-order valence-corrected chi connectivity index (χ3v) is 3.20. The summed E-state index contributed by atoms with van der Waals surface area (Å²) in [5.74, 6) is 3.05. The third kappa shape index (κ3) is 0.654. The highest BCUT2D eigenvalue weighted by molar-refractivity contribution is 4.98. The molecule has 2 atom stereocenters. The third-order valence-electron chi connectivity index (χ3n) is 3.20. The standard InChI is InChI=1S/C9H14/c1-2-7-3-4-8-5-6-9(7)8/h2,7-9H,1,3-6H2. The second kappa shape index (κ2) is 1.86. The van der Waals surface area contributed by atoms with Gasteiger partial charge in [-0.15, -0.1) is 6.58 Å². The lowest BCUT2D eigenvalue weighted by atomic mass is 9.73. The first kappa shape index (κ1) is 5.52. The van der Waals surface area contributed by atoms with Crippen LogP contribution in [-0.4, -0.2) is 0 Å². The van der Waals surface area contributed by atoms with Crippen LogP contribution in [0, 0.1) is 17.8 Å². The molecule has 2 aliphatic rings. The number of fused-ring (bicyclic) bond motifs is 1. The highest BCUT2D eigenvalue weighted by Gasteiger charge is 2.40. The minimum atomic E-state index is 0.892. The summed E-state index contributed by atoms with van der Waals surface area (Å²) < 4.78 is 0. The van der Waals surface area contributed by atoms with Gasteiger partial charge in [-0.2, -0.15) is 0 Å². The number of rotatable bonds is 1. The first-order chi connectivity index (χ1) is 4.42. The van der Waals surface area contributed by atoms with E-state index in [1.807, 2.05) is 0 Å². The van der Waals surface area contributed by atoms with Gasteiger partial charge in [-0.3, -0.25) is 0 Å². The van der Waals surface area contributed by atoms with Crippen LogP contribution >= 0.6 is 0 Å². The Kier molecular flexibility index (Phi) is 1.14. The largest absolute Gasteiger partial charge is 0.103 e. The van der Waals surface area contributed by atoms with Crippen molar-refractivity contribution in [2.24, 2.45) is 17.8 Å². The van der Waals surface area contributed by atoms with Crippen LogP contribution in [0.1, 0.15) is 25.7 Å². The lowest BCUT2D eigenvalue weighted by Crippen LogP contribution is -2.23. The molecule has 0 aliphatic heterocycles. The van der Waals surface area contributed by atoms with Gasteiger partial charge in [0, 0.05) is 0 Å². The quantitative estimate of drug-likeness (QED) is 0.469. The van der Waals surface area contributed by atoms with E-state index < -0.39 is 0 Å². The van der Waals surface area contributed by atoms with Gasteiger partial charge in [-0.05, 0) is 43.4 Å². The minimum Gasteiger partial charge on any atom is -0.103 e. The van der Waals surface area contributed by atoms with Crippen LogP contribution in [0.3, 0.4) is 0 Å². The molecule has 0 saturated heterocycles. The fraction of sp³-hybridized carbons (Fsp3) is 0.778. The average molecular weight is 122 g/mol. The maximum Gasteiger partial charge on any atom is -0.0205 e. The molecule has 0 radical (unpaired) electrons. The molecular weight excluding hydrogens is 108 g/mol. The average Bonchev–Trinajstić information content (AvgIpc) is 2.07. The van der Waals surface area contributed by atoms with Crippen molar-refractivity contribution in [1.29, 1.82) is 0 Å². The minimum absolute atomic E-state index is 0.892. The Hall–Kier alpha value is -0.260. The summed E-state index contributed by atoms with van der Waals surface area (Å²) in [6.07, 6.45) is 8.08. The summed E-state index contributed by atoms with van der Waals surface area (Å²) in [7, 11) is 0. The van der Waals surface area contributed by atoms with Crippen LogP contribution in [-0.2, 0) is 0 Å². The van der Waals surface area contributed by atoms with Gasteiger partial charge in [0.05, 0.1) is 0 Å². The van der Waals surface area contributed by atoms with Gasteiger partial charge in [0.15, 0.2) is 0 Å². The molecule has 2 saturated carbocycles.